The number of carbonyl (C=O) groups is 2. The normalized spacial score (nSPS) is 10.3. The number of amides is 2. The van der Waals surface area contributed by atoms with Crippen molar-refractivity contribution in [3.05, 3.63) is 46.8 Å². The minimum atomic E-state index is -0.443. The summed E-state index contributed by atoms with van der Waals surface area (Å²) in [5.41, 5.74) is 4.13. The van der Waals surface area contributed by atoms with Crippen LogP contribution in [-0.2, 0) is 18.2 Å². The lowest BCUT2D eigenvalue weighted by molar-refractivity contribution is 0.0600. The van der Waals surface area contributed by atoms with Crippen molar-refractivity contribution in [2.75, 3.05) is 19.0 Å². The molecule has 0 saturated heterocycles. The summed E-state index contributed by atoms with van der Waals surface area (Å²) >= 11 is 0. The fourth-order valence-electron chi connectivity index (χ4n) is 2.50. The molecule has 7 nitrogen and oxygen atoms in total. The first-order valence-electron chi connectivity index (χ1n) is 7.64. The topological polar surface area (TPSA) is 85.2 Å². The molecule has 2 rings (SSSR count). The first-order valence-corrected chi connectivity index (χ1v) is 7.64. The summed E-state index contributed by atoms with van der Waals surface area (Å²) in [5.74, 6) is -0.443. The van der Waals surface area contributed by atoms with Gasteiger partial charge in [-0.2, -0.15) is 5.10 Å². The third-order valence-electron chi connectivity index (χ3n) is 3.86. The van der Waals surface area contributed by atoms with E-state index in [4.69, 9.17) is 0 Å². The van der Waals surface area contributed by atoms with E-state index in [1.54, 1.807) is 24.3 Å². The Morgan fingerprint density at radius 3 is 2.67 bits per heavy atom. The number of ether oxygens (including phenoxy) is 1. The molecule has 0 fully saturated rings. The van der Waals surface area contributed by atoms with Gasteiger partial charge < -0.3 is 15.4 Å². The zero-order valence-electron chi connectivity index (χ0n) is 14.3. The van der Waals surface area contributed by atoms with Gasteiger partial charge in [0.2, 0.25) is 0 Å². The first-order chi connectivity index (χ1) is 11.4. The Morgan fingerprint density at radius 1 is 1.29 bits per heavy atom. The Kier molecular flexibility index (Phi) is 5.57. The van der Waals surface area contributed by atoms with Gasteiger partial charge in [0, 0.05) is 25.0 Å². The van der Waals surface area contributed by atoms with Gasteiger partial charge in [-0.25, -0.2) is 9.59 Å². The van der Waals surface area contributed by atoms with Gasteiger partial charge in [0.25, 0.3) is 0 Å². The zero-order valence-corrected chi connectivity index (χ0v) is 14.3. The lowest BCUT2D eigenvalue weighted by atomic mass is 10.1. The van der Waals surface area contributed by atoms with Crippen LogP contribution in [0.1, 0.15) is 27.3 Å². The summed E-state index contributed by atoms with van der Waals surface area (Å²) < 4.78 is 6.50. The molecule has 2 amide bonds. The van der Waals surface area contributed by atoms with Gasteiger partial charge in [0.1, 0.15) is 0 Å². The van der Waals surface area contributed by atoms with Crippen LogP contribution in [0.2, 0.25) is 0 Å². The number of hydrogen-bond acceptors (Lipinski definition) is 4. The molecule has 0 unspecified atom stereocenters. The molecule has 0 spiro atoms. The third kappa shape index (κ3) is 4.13. The maximum atomic E-state index is 12.0. The molecule has 0 aliphatic heterocycles. The Hall–Kier alpha value is -2.83. The van der Waals surface area contributed by atoms with Crippen molar-refractivity contribution in [3.63, 3.8) is 0 Å². The summed E-state index contributed by atoms with van der Waals surface area (Å²) in [5, 5.41) is 9.86. The molecule has 128 valence electrons. The number of carbonyl (C=O) groups excluding carboxylic acids is 2. The fourth-order valence-corrected chi connectivity index (χ4v) is 2.50. The molecule has 0 saturated carbocycles. The molecule has 0 atom stereocenters. The van der Waals surface area contributed by atoms with Crippen molar-refractivity contribution in [1.82, 2.24) is 15.1 Å². The summed E-state index contributed by atoms with van der Waals surface area (Å²) in [7, 11) is 3.22. The maximum absolute atomic E-state index is 12.0. The summed E-state index contributed by atoms with van der Waals surface area (Å²) in [4.78, 5) is 23.5. The number of nitrogens with one attached hydrogen (secondary N) is 2. The van der Waals surface area contributed by atoms with E-state index >= 15 is 0 Å². The number of rotatable bonds is 5. The van der Waals surface area contributed by atoms with E-state index in [2.05, 4.69) is 20.5 Å². The average molecular weight is 330 g/mol. The van der Waals surface area contributed by atoms with Crippen LogP contribution in [0.5, 0.6) is 0 Å². The second kappa shape index (κ2) is 7.63. The summed E-state index contributed by atoms with van der Waals surface area (Å²) in [6.45, 7) is 4.46. The predicted molar refractivity (Wildman–Crippen MR) is 91.2 cm³/mol. The maximum Gasteiger partial charge on any atom is 0.337 e. The van der Waals surface area contributed by atoms with E-state index in [9.17, 15) is 9.59 Å². The fraction of sp³-hybridized carbons (Fsp3) is 0.353. The lowest BCUT2D eigenvalue weighted by Crippen LogP contribution is -2.30. The van der Waals surface area contributed by atoms with Crippen LogP contribution in [-0.4, -0.2) is 35.4 Å². The van der Waals surface area contributed by atoms with Gasteiger partial charge in [0.15, 0.2) is 0 Å². The van der Waals surface area contributed by atoms with Gasteiger partial charge in [-0.15, -0.1) is 0 Å². The Balaban J connectivity index is 1.89. The first kappa shape index (κ1) is 17.5. The monoisotopic (exact) mass is 330 g/mol. The highest BCUT2D eigenvalue weighted by Gasteiger charge is 2.10. The van der Waals surface area contributed by atoms with Crippen molar-refractivity contribution in [2.24, 2.45) is 7.05 Å². The largest absolute Gasteiger partial charge is 0.465 e. The van der Waals surface area contributed by atoms with E-state index < -0.39 is 5.97 Å². The van der Waals surface area contributed by atoms with Crippen molar-refractivity contribution in [2.45, 2.75) is 20.3 Å². The van der Waals surface area contributed by atoms with Crippen LogP contribution >= 0.6 is 0 Å². The molecule has 0 bridgehead atoms. The molecule has 1 heterocycles. The highest BCUT2D eigenvalue weighted by atomic mass is 16.5. The molecule has 2 aromatic rings. The molecule has 0 radical (unpaired) electrons. The highest BCUT2D eigenvalue weighted by molar-refractivity contribution is 5.93. The molecular formula is C17H22N4O3. The number of nitrogens with zero attached hydrogens (tertiary/aromatic N) is 2. The number of hydrogen-bond donors (Lipinski definition) is 2. The van der Waals surface area contributed by atoms with E-state index in [1.165, 1.54) is 7.11 Å². The highest BCUT2D eigenvalue weighted by Crippen LogP contribution is 2.13. The van der Waals surface area contributed by atoms with Crippen LogP contribution in [0, 0.1) is 13.8 Å². The smallest absolute Gasteiger partial charge is 0.337 e. The molecular weight excluding hydrogens is 308 g/mol. The van der Waals surface area contributed by atoms with Gasteiger partial charge in [-0.1, -0.05) is 6.07 Å². The van der Waals surface area contributed by atoms with Crippen LogP contribution in [0.3, 0.4) is 0 Å². The van der Waals surface area contributed by atoms with Crippen molar-refractivity contribution >= 4 is 17.7 Å². The van der Waals surface area contributed by atoms with E-state index in [-0.39, 0.29) is 6.03 Å². The number of esters is 1. The number of aromatic nitrogens is 2. The van der Waals surface area contributed by atoms with Gasteiger partial charge in [0.05, 0.1) is 18.4 Å². The number of urea groups is 1. The van der Waals surface area contributed by atoms with E-state index in [0.29, 0.717) is 24.2 Å². The molecule has 0 aliphatic rings. The van der Waals surface area contributed by atoms with Crippen LogP contribution in [0.4, 0.5) is 10.5 Å². The molecule has 1 aromatic carbocycles. The van der Waals surface area contributed by atoms with Gasteiger partial charge in [-0.3, -0.25) is 4.68 Å². The zero-order chi connectivity index (χ0) is 17.7. The van der Waals surface area contributed by atoms with Crippen LogP contribution in [0.25, 0.3) is 0 Å². The average Bonchev–Trinajstić information content (AvgIpc) is 2.80. The standard InChI is InChI=1S/C17H22N4O3/c1-11-15(12(2)21(3)20-11)8-9-18-17(23)19-14-7-5-6-13(10-14)16(22)24-4/h5-7,10H,8-9H2,1-4H3,(H2,18,19,23). The quantitative estimate of drug-likeness (QED) is 0.823. The van der Waals surface area contributed by atoms with Gasteiger partial charge >= 0.3 is 12.0 Å². The second-order valence-electron chi connectivity index (χ2n) is 5.48. The second-order valence-corrected chi connectivity index (χ2v) is 5.48. The Morgan fingerprint density at radius 2 is 2.04 bits per heavy atom. The molecule has 24 heavy (non-hydrogen) atoms. The van der Waals surface area contributed by atoms with Crippen LogP contribution in [0.15, 0.2) is 24.3 Å². The van der Waals surface area contributed by atoms with Crippen molar-refractivity contribution in [1.29, 1.82) is 0 Å². The summed E-state index contributed by atoms with van der Waals surface area (Å²) in [6.07, 6.45) is 0.709. The molecule has 7 heteroatoms. The van der Waals surface area contributed by atoms with Crippen molar-refractivity contribution in [3.8, 4) is 0 Å². The predicted octanol–water partition coefficient (Wildman–Crippen LogP) is 2.19. The number of benzene rings is 1. The number of methoxy groups -OCH3 is 1. The summed E-state index contributed by atoms with van der Waals surface area (Å²) in [6, 6.07) is 6.27. The molecule has 1 aromatic heterocycles. The Labute approximate surface area is 141 Å². The van der Waals surface area contributed by atoms with Gasteiger partial charge in [-0.05, 0) is 44.0 Å². The molecule has 0 aliphatic carbocycles. The minimum Gasteiger partial charge on any atom is -0.465 e. The van der Waals surface area contributed by atoms with Crippen LogP contribution < -0.4 is 10.6 Å². The van der Waals surface area contributed by atoms with Crippen molar-refractivity contribution < 1.29 is 14.3 Å². The molecule has 2 N–H and O–H groups in total. The lowest BCUT2D eigenvalue weighted by Gasteiger charge is -2.09. The number of aryl methyl sites for hydroxylation is 2. The number of anilines is 1. The van der Waals surface area contributed by atoms with E-state index in [0.717, 1.165) is 17.0 Å². The SMILES string of the molecule is COC(=O)c1cccc(NC(=O)NCCc2c(C)nn(C)c2C)c1. The third-order valence-corrected chi connectivity index (χ3v) is 3.86. The Bertz CT molecular complexity index is 752. The minimum absolute atomic E-state index is 0.323. The van der Waals surface area contributed by atoms with E-state index in [1.807, 2.05) is 25.6 Å².